The van der Waals surface area contributed by atoms with Crippen molar-refractivity contribution in [3.05, 3.63) is 35.9 Å². The predicted octanol–water partition coefficient (Wildman–Crippen LogP) is 4.17. The van der Waals surface area contributed by atoms with Crippen LogP contribution in [0.25, 0.3) is 6.08 Å². The monoisotopic (exact) mass is 273 g/mol. The highest BCUT2D eigenvalue weighted by atomic mass is 16.4. The summed E-state index contributed by atoms with van der Waals surface area (Å²) >= 11 is 0. The van der Waals surface area contributed by atoms with Crippen LogP contribution in [0, 0.1) is 5.92 Å². The van der Waals surface area contributed by atoms with Gasteiger partial charge in [-0.25, -0.2) is 4.79 Å². The van der Waals surface area contributed by atoms with E-state index in [1.165, 1.54) is 32.1 Å². The Bertz CT molecular complexity index is 460. The molecule has 0 heterocycles. The van der Waals surface area contributed by atoms with E-state index < -0.39 is 5.97 Å². The van der Waals surface area contributed by atoms with Crippen molar-refractivity contribution in [2.45, 2.75) is 45.1 Å². The van der Waals surface area contributed by atoms with Crippen molar-refractivity contribution in [2.75, 3.05) is 5.32 Å². The number of anilines is 1. The van der Waals surface area contributed by atoms with Crippen molar-refractivity contribution in [3.63, 3.8) is 0 Å². The zero-order valence-electron chi connectivity index (χ0n) is 12.0. The number of nitrogens with one attached hydrogen (secondary N) is 1. The first kappa shape index (κ1) is 14.6. The van der Waals surface area contributed by atoms with Gasteiger partial charge in [0.2, 0.25) is 0 Å². The second kappa shape index (κ2) is 7.13. The fourth-order valence-corrected chi connectivity index (χ4v) is 2.33. The van der Waals surface area contributed by atoms with E-state index in [0.29, 0.717) is 6.04 Å². The summed E-state index contributed by atoms with van der Waals surface area (Å²) < 4.78 is 0. The van der Waals surface area contributed by atoms with Gasteiger partial charge in [0.05, 0.1) is 0 Å². The number of carbonyl (C=O) groups is 1. The van der Waals surface area contributed by atoms with Crippen LogP contribution in [-0.2, 0) is 4.79 Å². The summed E-state index contributed by atoms with van der Waals surface area (Å²) in [4.78, 5) is 10.4. The Kier molecular flexibility index (Phi) is 5.22. The smallest absolute Gasteiger partial charge is 0.328 e. The third kappa shape index (κ3) is 5.47. The van der Waals surface area contributed by atoms with Crippen LogP contribution in [0.5, 0.6) is 0 Å². The molecule has 1 unspecified atom stereocenters. The fraction of sp³-hybridized carbons (Fsp3) is 0.471. The number of rotatable bonds is 8. The molecule has 0 spiro atoms. The standard InChI is InChI=1S/C17H23NO2/c1-13(3-2-4-14-5-6-14)18-16-10-7-15(8-11-16)9-12-17(19)20/h7-14,18H,2-6H2,1H3,(H,19,20). The Balaban J connectivity index is 1.75. The summed E-state index contributed by atoms with van der Waals surface area (Å²) in [7, 11) is 0. The minimum atomic E-state index is -0.920. The highest BCUT2D eigenvalue weighted by Crippen LogP contribution is 2.34. The second-order valence-corrected chi connectivity index (χ2v) is 5.71. The molecule has 3 nitrogen and oxygen atoms in total. The molecule has 2 rings (SSSR count). The lowest BCUT2D eigenvalue weighted by atomic mass is 10.1. The Labute approximate surface area is 120 Å². The Morgan fingerprint density at radius 1 is 1.40 bits per heavy atom. The minimum absolute atomic E-state index is 0.481. The highest BCUT2D eigenvalue weighted by molar-refractivity contribution is 5.85. The van der Waals surface area contributed by atoms with Gasteiger partial charge in [-0.05, 0) is 43.0 Å². The zero-order valence-corrected chi connectivity index (χ0v) is 12.0. The lowest BCUT2D eigenvalue weighted by molar-refractivity contribution is -0.131. The average molecular weight is 273 g/mol. The molecule has 0 aromatic heterocycles. The quantitative estimate of drug-likeness (QED) is 0.699. The molecule has 1 atom stereocenters. The van der Waals surface area contributed by atoms with Crippen LogP contribution in [0.15, 0.2) is 30.3 Å². The van der Waals surface area contributed by atoms with Crippen LogP contribution < -0.4 is 5.32 Å². The number of benzene rings is 1. The van der Waals surface area contributed by atoms with Crippen molar-refractivity contribution in [1.82, 2.24) is 0 Å². The Morgan fingerprint density at radius 2 is 2.10 bits per heavy atom. The van der Waals surface area contributed by atoms with Crippen molar-refractivity contribution >= 4 is 17.7 Å². The van der Waals surface area contributed by atoms with Gasteiger partial charge in [-0.15, -0.1) is 0 Å². The molecule has 0 amide bonds. The topological polar surface area (TPSA) is 49.3 Å². The zero-order chi connectivity index (χ0) is 14.4. The second-order valence-electron chi connectivity index (χ2n) is 5.71. The van der Waals surface area contributed by atoms with E-state index in [9.17, 15) is 4.79 Å². The first-order valence-corrected chi connectivity index (χ1v) is 7.41. The van der Waals surface area contributed by atoms with E-state index in [-0.39, 0.29) is 0 Å². The predicted molar refractivity (Wildman–Crippen MR) is 82.8 cm³/mol. The number of hydrogen-bond acceptors (Lipinski definition) is 2. The van der Waals surface area contributed by atoms with Gasteiger partial charge in [0.15, 0.2) is 0 Å². The molecule has 0 bridgehead atoms. The van der Waals surface area contributed by atoms with Crippen molar-refractivity contribution in [2.24, 2.45) is 5.92 Å². The van der Waals surface area contributed by atoms with Crippen LogP contribution >= 0.6 is 0 Å². The summed E-state index contributed by atoms with van der Waals surface area (Å²) in [6.45, 7) is 2.21. The van der Waals surface area contributed by atoms with Gasteiger partial charge in [0, 0.05) is 17.8 Å². The van der Waals surface area contributed by atoms with Crippen molar-refractivity contribution in [1.29, 1.82) is 0 Å². The summed E-state index contributed by atoms with van der Waals surface area (Å²) in [5.41, 5.74) is 2.00. The molecule has 1 aromatic rings. The van der Waals surface area contributed by atoms with Gasteiger partial charge >= 0.3 is 5.97 Å². The van der Waals surface area contributed by atoms with Gasteiger partial charge in [0.1, 0.15) is 0 Å². The van der Waals surface area contributed by atoms with Crippen LogP contribution in [0.1, 0.15) is 44.6 Å². The molecule has 0 aliphatic heterocycles. The van der Waals surface area contributed by atoms with E-state index in [2.05, 4.69) is 12.2 Å². The van der Waals surface area contributed by atoms with Gasteiger partial charge in [-0.3, -0.25) is 0 Å². The first-order chi connectivity index (χ1) is 9.63. The lowest BCUT2D eigenvalue weighted by Crippen LogP contribution is -2.14. The van der Waals surface area contributed by atoms with E-state index in [1.54, 1.807) is 6.08 Å². The van der Waals surface area contributed by atoms with Crippen LogP contribution in [-0.4, -0.2) is 17.1 Å². The molecule has 3 heteroatoms. The van der Waals surface area contributed by atoms with Gasteiger partial charge < -0.3 is 10.4 Å². The van der Waals surface area contributed by atoms with Crippen molar-refractivity contribution in [3.8, 4) is 0 Å². The maximum absolute atomic E-state index is 10.4. The number of aliphatic carboxylic acids is 1. The number of carboxylic acids is 1. The van der Waals surface area contributed by atoms with Gasteiger partial charge in [0.25, 0.3) is 0 Å². The molecule has 1 fully saturated rings. The summed E-state index contributed by atoms with van der Waals surface area (Å²) in [6, 6.07) is 8.34. The van der Waals surface area contributed by atoms with E-state index in [4.69, 9.17) is 5.11 Å². The normalized spacial score (nSPS) is 16.2. The summed E-state index contributed by atoms with van der Waals surface area (Å²) in [5.74, 6) is 0.0963. The molecule has 0 radical (unpaired) electrons. The van der Waals surface area contributed by atoms with Crippen LogP contribution in [0.3, 0.4) is 0 Å². The van der Waals surface area contributed by atoms with Crippen LogP contribution in [0.2, 0.25) is 0 Å². The Morgan fingerprint density at radius 3 is 2.70 bits per heavy atom. The van der Waals surface area contributed by atoms with Gasteiger partial charge in [-0.1, -0.05) is 37.8 Å². The number of hydrogen-bond donors (Lipinski definition) is 2. The number of carboxylic acid groups (broad SMARTS) is 1. The van der Waals surface area contributed by atoms with E-state index in [0.717, 1.165) is 23.2 Å². The SMILES string of the molecule is CC(CCCC1CC1)Nc1ccc(C=CC(=O)O)cc1. The fourth-order valence-electron chi connectivity index (χ4n) is 2.33. The first-order valence-electron chi connectivity index (χ1n) is 7.41. The molecule has 108 valence electrons. The summed E-state index contributed by atoms with van der Waals surface area (Å²) in [5, 5.41) is 12.1. The molecule has 1 aromatic carbocycles. The molecule has 1 aliphatic rings. The third-order valence-electron chi connectivity index (χ3n) is 3.69. The molecular weight excluding hydrogens is 250 g/mol. The molecule has 2 N–H and O–H groups in total. The minimum Gasteiger partial charge on any atom is -0.478 e. The largest absolute Gasteiger partial charge is 0.478 e. The Hall–Kier alpha value is -1.77. The average Bonchev–Trinajstić information content (AvgIpc) is 3.22. The van der Waals surface area contributed by atoms with E-state index >= 15 is 0 Å². The molecule has 20 heavy (non-hydrogen) atoms. The maximum Gasteiger partial charge on any atom is 0.328 e. The highest BCUT2D eigenvalue weighted by Gasteiger charge is 2.20. The summed E-state index contributed by atoms with van der Waals surface area (Å²) in [6.07, 6.45) is 9.52. The lowest BCUT2D eigenvalue weighted by Gasteiger charge is -2.15. The van der Waals surface area contributed by atoms with Crippen molar-refractivity contribution < 1.29 is 9.90 Å². The maximum atomic E-state index is 10.4. The van der Waals surface area contributed by atoms with Gasteiger partial charge in [-0.2, -0.15) is 0 Å². The molecule has 1 saturated carbocycles. The molecule has 1 aliphatic carbocycles. The van der Waals surface area contributed by atoms with E-state index in [1.807, 2.05) is 24.3 Å². The molecule has 0 saturated heterocycles. The van der Waals surface area contributed by atoms with Crippen LogP contribution in [0.4, 0.5) is 5.69 Å². The molecular formula is C17H23NO2. The third-order valence-corrected chi connectivity index (χ3v) is 3.69.